The number of aromatic nitrogens is 1. The zero-order chi connectivity index (χ0) is 16.8. The van der Waals surface area contributed by atoms with Crippen LogP contribution in [0.1, 0.15) is 18.2 Å². The fraction of sp³-hybridized carbons (Fsp3) is 0.389. The quantitative estimate of drug-likeness (QED) is 0.852. The molecule has 0 saturated heterocycles. The highest BCUT2D eigenvalue weighted by molar-refractivity contribution is 5.33. The van der Waals surface area contributed by atoms with Crippen LogP contribution in [0, 0.1) is 0 Å². The van der Waals surface area contributed by atoms with E-state index in [0.29, 0.717) is 18.3 Å². The molecule has 0 amide bonds. The smallest absolute Gasteiger partial charge is 0.223 e. The lowest BCUT2D eigenvalue weighted by Gasteiger charge is -2.25. The van der Waals surface area contributed by atoms with Crippen molar-refractivity contribution >= 4 is 0 Å². The standard InChI is InChI=1S/C18H24N2O3/c1-13(9-14-7-5-6-8-17(14)22-3)20(2)12-15-10-16(21)18(23-4)11-19-15/h5-8,10-11,13H,9,12H2,1-4H3,(H,19,21). The van der Waals surface area contributed by atoms with Gasteiger partial charge in [-0.05, 0) is 32.0 Å². The van der Waals surface area contributed by atoms with Crippen molar-refractivity contribution in [3.8, 4) is 11.5 Å². The van der Waals surface area contributed by atoms with Crippen LogP contribution in [0.15, 0.2) is 41.3 Å². The molecule has 2 rings (SSSR count). The van der Waals surface area contributed by atoms with Gasteiger partial charge in [0.15, 0.2) is 5.75 Å². The number of likely N-dealkylation sites (N-methyl/N-ethyl adjacent to an activating group) is 1. The van der Waals surface area contributed by atoms with E-state index in [0.717, 1.165) is 17.9 Å². The van der Waals surface area contributed by atoms with Crippen LogP contribution in [0.25, 0.3) is 0 Å². The van der Waals surface area contributed by atoms with Crippen molar-refractivity contribution in [3.05, 3.63) is 58.0 Å². The Morgan fingerprint density at radius 1 is 1.17 bits per heavy atom. The van der Waals surface area contributed by atoms with E-state index < -0.39 is 0 Å². The molecule has 1 atom stereocenters. The number of nitrogens with zero attached hydrogens (tertiary/aromatic N) is 1. The maximum atomic E-state index is 11.8. The first-order valence-corrected chi connectivity index (χ1v) is 7.63. The zero-order valence-corrected chi connectivity index (χ0v) is 14.1. The third-order valence-corrected chi connectivity index (χ3v) is 4.04. The third-order valence-electron chi connectivity index (χ3n) is 4.04. The van der Waals surface area contributed by atoms with Gasteiger partial charge in [-0.25, -0.2) is 0 Å². The van der Waals surface area contributed by atoms with E-state index in [4.69, 9.17) is 9.47 Å². The number of para-hydroxylation sites is 1. The maximum Gasteiger partial charge on any atom is 0.223 e. The van der Waals surface area contributed by atoms with Gasteiger partial charge in [-0.1, -0.05) is 18.2 Å². The molecule has 0 spiro atoms. The van der Waals surface area contributed by atoms with E-state index in [1.807, 2.05) is 25.2 Å². The Bertz CT molecular complexity index is 697. The van der Waals surface area contributed by atoms with Crippen molar-refractivity contribution in [1.29, 1.82) is 0 Å². The number of hydrogen-bond acceptors (Lipinski definition) is 4. The molecule has 124 valence electrons. The minimum atomic E-state index is -0.105. The number of benzene rings is 1. The highest BCUT2D eigenvalue weighted by atomic mass is 16.5. The Hall–Kier alpha value is -2.27. The summed E-state index contributed by atoms with van der Waals surface area (Å²) in [5.41, 5.74) is 1.94. The summed E-state index contributed by atoms with van der Waals surface area (Å²) in [6, 6.07) is 9.94. The summed E-state index contributed by atoms with van der Waals surface area (Å²) in [6.45, 7) is 2.82. The lowest BCUT2D eigenvalue weighted by Crippen LogP contribution is -2.31. The molecule has 0 fully saturated rings. The molecule has 1 unspecified atom stereocenters. The van der Waals surface area contributed by atoms with Gasteiger partial charge in [0.25, 0.3) is 0 Å². The summed E-state index contributed by atoms with van der Waals surface area (Å²) in [5, 5.41) is 0. The Morgan fingerprint density at radius 2 is 1.87 bits per heavy atom. The van der Waals surface area contributed by atoms with Gasteiger partial charge < -0.3 is 14.5 Å². The Morgan fingerprint density at radius 3 is 2.52 bits per heavy atom. The van der Waals surface area contributed by atoms with E-state index in [9.17, 15) is 4.79 Å². The van der Waals surface area contributed by atoms with Gasteiger partial charge >= 0.3 is 0 Å². The van der Waals surface area contributed by atoms with Gasteiger partial charge in [0.2, 0.25) is 5.43 Å². The Labute approximate surface area is 136 Å². The minimum absolute atomic E-state index is 0.105. The fourth-order valence-electron chi connectivity index (χ4n) is 2.52. The monoisotopic (exact) mass is 316 g/mol. The number of rotatable bonds is 7. The van der Waals surface area contributed by atoms with Gasteiger partial charge in [-0.2, -0.15) is 0 Å². The van der Waals surface area contributed by atoms with E-state index in [1.165, 1.54) is 12.7 Å². The number of methoxy groups -OCH3 is 2. The lowest BCUT2D eigenvalue weighted by molar-refractivity contribution is 0.243. The van der Waals surface area contributed by atoms with E-state index in [1.54, 1.807) is 19.4 Å². The van der Waals surface area contributed by atoms with Gasteiger partial charge in [0.05, 0.1) is 14.2 Å². The second-order valence-corrected chi connectivity index (χ2v) is 5.67. The first-order chi connectivity index (χ1) is 11.0. The molecule has 0 radical (unpaired) electrons. The van der Waals surface area contributed by atoms with Crippen molar-refractivity contribution < 1.29 is 9.47 Å². The molecule has 0 aliphatic carbocycles. The van der Waals surface area contributed by atoms with Crippen molar-refractivity contribution in [2.75, 3.05) is 21.3 Å². The molecule has 1 heterocycles. The second kappa shape index (κ2) is 7.83. The maximum absolute atomic E-state index is 11.8. The summed E-state index contributed by atoms with van der Waals surface area (Å²) in [5.74, 6) is 1.24. The number of H-pyrrole nitrogens is 1. The largest absolute Gasteiger partial charge is 0.496 e. The van der Waals surface area contributed by atoms with Crippen LogP contribution in [-0.2, 0) is 13.0 Å². The van der Waals surface area contributed by atoms with Crippen LogP contribution in [0.5, 0.6) is 11.5 Å². The summed E-state index contributed by atoms with van der Waals surface area (Å²) < 4.78 is 10.4. The summed E-state index contributed by atoms with van der Waals surface area (Å²) in [7, 11) is 5.23. The Balaban J connectivity index is 2.03. The number of aromatic amines is 1. The third kappa shape index (κ3) is 4.36. The zero-order valence-electron chi connectivity index (χ0n) is 14.1. The number of pyridine rings is 1. The molecule has 0 saturated carbocycles. The average molecular weight is 316 g/mol. The average Bonchev–Trinajstić information content (AvgIpc) is 2.55. The van der Waals surface area contributed by atoms with Gasteiger partial charge in [-0.3, -0.25) is 9.69 Å². The highest BCUT2D eigenvalue weighted by Gasteiger charge is 2.14. The van der Waals surface area contributed by atoms with Gasteiger partial charge in [-0.15, -0.1) is 0 Å². The Kier molecular flexibility index (Phi) is 5.82. The molecule has 0 aliphatic heterocycles. The summed E-state index contributed by atoms with van der Waals surface area (Å²) in [4.78, 5) is 17.1. The molecule has 0 aliphatic rings. The lowest BCUT2D eigenvalue weighted by atomic mass is 10.0. The first-order valence-electron chi connectivity index (χ1n) is 7.63. The molecule has 23 heavy (non-hydrogen) atoms. The van der Waals surface area contributed by atoms with Crippen LogP contribution in [-0.4, -0.2) is 37.2 Å². The molecule has 1 aromatic carbocycles. The summed E-state index contributed by atoms with van der Waals surface area (Å²) >= 11 is 0. The van der Waals surface area contributed by atoms with Crippen molar-refractivity contribution in [1.82, 2.24) is 9.88 Å². The molecule has 5 heteroatoms. The molecule has 1 aromatic heterocycles. The van der Waals surface area contributed by atoms with Gasteiger partial charge in [0.1, 0.15) is 5.75 Å². The molecule has 0 bridgehead atoms. The SMILES string of the molecule is COc1ccccc1CC(C)N(C)Cc1cc(=O)c(OC)c[nH]1. The topological polar surface area (TPSA) is 54.6 Å². The van der Waals surface area contributed by atoms with Crippen LogP contribution < -0.4 is 14.9 Å². The molecule has 5 nitrogen and oxygen atoms in total. The molecule has 1 N–H and O–H groups in total. The fourth-order valence-corrected chi connectivity index (χ4v) is 2.52. The van der Waals surface area contributed by atoms with E-state index in [-0.39, 0.29) is 5.43 Å². The van der Waals surface area contributed by atoms with E-state index >= 15 is 0 Å². The van der Waals surface area contributed by atoms with Crippen molar-refractivity contribution in [2.24, 2.45) is 0 Å². The number of hydrogen-bond donors (Lipinski definition) is 1. The minimum Gasteiger partial charge on any atom is -0.496 e. The second-order valence-electron chi connectivity index (χ2n) is 5.67. The van der Waals surface area contributed by atoms with Crippen molar-refractivity contribution in [3.63, 3.8) is 0 Å². The molecular formula is C18H24N2O3. The highest BCUT2D eigenvalue weighted by Crippen LogP contribution is 2.20. The number of ether oxygens (including phenoxy) is 2. The molecule has 2 aromatic rings. The van der Waals surface area contributed by atoms with E-state index in [2.05, 4.69) is 22.9 Å². The predicted molar refractivity (Wildman–Crippen MR) is 91.2 cm³/mol. The van der Waals surface area contributed by atoms with Crippen LogP contribution in [0.4, 0.5) is 0 Å². The van der Waals surface area contributed by atoms with Crippen LogP contribution in [0.2, 0.25) is 0 Å². The van der Waals surface area contributed by atoms with Crippen LogP contribution >= 0.6 is 0 Å². The van der Waals surface area contributed by atoms with Crippen molar-refractivity contribution in [2.45, 2.75) is 25.9 Å². The number of nitrogens with one attached hydrogen (secondary N) is 1. The normalized spacial score (nSPS) is 12.2. The summed E-state index contributed by atoms with van der Waals surface area (Å²) in [6.07, 6.45) is 2.48. The first kappa shape index (κ1) is 17.1. The molecular weight excluding hydrogens is 292 g/mol. The van der Waals surface area contributed by atoms with Crippen LogP contribution in [0.3, 0.4) is 0 Å². The van der Waals surface area contributed by atoms with Gasteiger partial charge in [0, 0.05) is 30.5 Å². The predicted octanol–water partition coefficient (Wildman–Crippen LogP) is 2.46.